The summed E-state index contributed by atoms with van der Waals surface area (Å²) >= 11 is 0. The van der Waals surface area contributed by atoms with Crippen molar-refractivity contribution in [1.29, 1.82) is 5.26 Å². The molecule has 0 N–H and O–H groups in total. The summed E-state index contributed by atoms with van der Waals surface area (Å²) in [5, 5.41) is 8.83. The molecular weight excluding hydrogens is 280 g/mol. The van der Waals surface area contributed by atoms with Crippen LogP contribution in [-0.2, 0) is 11.2 Å². The summed E-state index contributed by atoms with van der Waals surface area (Å²) in [6, 6.07) is 8.96. The Kier molecular flexibility index (Phi) is 3.97. The van der Waals surface area contributed by atoms with Gasteiger partial charge in [0.25, 0.3) is 0 Å². The Labute approximate surface area is 128 Å². The SMILES string of the molecule is N#Cc1ccnc(OC2CN(C(=O)Cc3cccnc3)C2)c1. The molecule has 110 valence electrons. The Hall–Kier alpha value is -2.94. The van der Waals surface area contributed by atoms with Gasteiger partial charge in [-0.15, -0.1) is 0 Å². The van der Waals surface area contributed by atoms with E-state index in [9.17, 15) is 4.79 Å². The second kappa shape index (κ2) is 6.22. The van der Waals surface area contributed by atoms with E-state index in [1.807, 2.05) is 18.2 Å². The molecule has 0 spiro atoms. The van der Waals surface area contributed by atoms with Crippen LogP contribution in [0.25, 0.3) is 0 Å². The molecule has 0 unspecified atom stereocenters. The number of nitriles is 1. The minimum absolute atomic E-state index is 0.0617. The first-order chi connectivity index (χ1) is 10.7. The predicted molar refractivity (Wildman–Crippen MR) is 77.9 cm³/mol. The molecule has 0 radical (unpaired) electrons. The van der Waals surface area contributed by atoms with Gasteiger partial charge >= 0.3 is 0 Å². The lowest BCUT2D eigenvalue weighted by Crippen LogP contribution is -2.56. The predicted octanol–water partition coefficient (Wildman–Crippen LogP) is 1.18. The van der Waals surface area contributed by atoms with E-state index >= 15 is 0 Å². The van der Waals surface area contributed by atoms with Crippen LogP contribution in [0, 0.1) is 11.3 Å². The number of carbonyl (C=O) groups excluding carboxylic acids is 1. The minimum atomic E-state index is -0.0701. The second-order valence-electron chi connectivity index (χ2n) is 5.07. The van der Waals surface area contributed by atoms with Crippen LogP contribution >= 0.6 is 0 Å². The van der Waals surface area contributed by atoms with Gasteiger partial charge in [0, 0.05) is 24.7 Å². The number of carbonyl (C=O) groups is 1. The van der Waals surface area contributed by atoms with E-state index in [1.165, 1.54) is 6.20 Å². The number of aromatic nitrogens is 2. The van der Waals surface area contributed by atoms with E-state index in [0.29, 0.717) is 31.0 Å². The molecule has 3 heterocycles. The van der Waals surface area contributed by atoms with E-state index in [4.69, 9.17) is 10.00 Å². The standard InChI is InChI=1S/C16H14N4O2/c17-8-12-3-5-19-15(6-12)22-14-10-20(11-14)16(21)7-13-2-1-4-18-9-13/h1-6,9,14H,7,10-11H2. The molecule has 2 aromatic heterocycles. The molecule has 1 aliphatic heterocycles. The zero-order valence-corrected chi connectivity index (χ0v) is 11.8. The number of hydrogen-bond donors (Lipinski definition) is 0. The fraction of sp³-hybridized carbons (Fsp3) is 0.250. The molecule has 0 atom stereocenters. The number of amides is 1. The van der Waals surface area contributed by atoms with Crippen molar-refractivity contribution in [3.63, 3.8) is 0 Å². The molecule has 2 aromatic rings. The maximum Gasteiger partial charge on any atom is 0.227 e. The van der Waals surface area contributed by atoms with Crippen LogP contribution in [-0.4, -0.2) is 40.0 Å². The highest BCUT2D eigenvalue weighted by Gasteiger charge is 2.32. The topological polar surface area (TPSA) is 79.1 Å². The first kappa shape index (κ1) is 14.0. The van der Waals surface area contributed by atoms with Crippen molar-refractivity contribution in [2.75, 3.05) is 13.1 Å². The smallest absolute Gasteiger partial charge is 0.227 e. The lowest BCUT2D eigenvalue weighted by molar-refractivity contribution is -0.139. The van der Waals surface area contributed by atoms with Gasteiger partial charge in [0.2, 0.25) is 11.8 Å². The third-order valence-electron chi connectivity index (χ3n) is 3.43. The quantitative estimate of drug-likeness (QED) is 0.846. The summed E-state index contributed by atoms with van der Waals surface area (Å²) in [7, 11) is 0. The lowest BCUT2D eigenvalue weighted by atomic mass is 10.1. The fourth-order valence-electron chi connectivity index (χ4n) is 2.22. The molecule has 0 saturated carbocycles. The van der Waals surface area contributed by atoms with Gasteiger partial charge < -0.3 is 9.64 Å². The van der Waals surface area contributed by atoms with E-state index in [2.05, 4.69) is 9.97 Å². The van der Waals surface area contributed by atoms with Crippen LogP contribution in [0.2, 0.25) is 0 Å². The van der Waals surface area contributed by atoms with Crippen molar-refractivity contribution in [2.24, 2.45) is 0 Å². The van der Waals surface area contributed by atoms with E-state index in [-0.39, 0.29) is 12.0 Å². The molecule has 1 saturated heterocycles. The van der Waals surface area contributed by atoms with Crippen LogP contribution in [0.4, 0.5) is 0 Å². The lowest BCUT2D eigenvalue weighted by Gasteiger charge is -2.38. The van der Waals surface area contributed by atoms with Gasteiger partial charge in [0.15, 0.2) is 0 Å². The molecule has 22 heavy (non-hydrogen) atoms. The molecule has 6 heteroatoms. The van der Waals surface area contributed by atoms with Crippen LogP contribution in [0.5, 0.6) is 5.88 Å². The highest BCUT2D eigenvalue weighted by molar-refractivity contribution is 5.79. The summed E-state index contributed by atoms with van der Waals surface area (Å²) in [6.45, 7) is 1.08. The van der Waals surface area contributed by atoms with Gasteiger partial charge in [-0.1, -0.05) is 6.07 Å². The molecule has 3 rings (SSSR count). The highest BCUT2D eigenvalue weighted by Crippen LogP contribution is 2.17. The van der Waals surface area contributed by atoms with E-state index in [0.717, 1.165) is 5.56 Å². The molecule has 0 aromatic carbocycles. The Morgan fingerprint density at radius 3 is 3.00 bits per heavy atom. The Balaban J connectivity index is 1.49. The fourth-order valence-corrected chi connectivity index (χ4v) is 2.22. The maximum atomic E-state index is 12.1. The first-order valence-electron chi connectivity index (χ1n) is 6.94. The van der Waals surface area contributed by atoms with Gasteiger partial charge in [-0.25, -0.2) is 4.98 Å². The largest absolute Gasteiger partial charge is 0.471 e. The van der Waals surface area contributed by atoms with Crippen molar-refractivity contribution in [2.45, 2.75) is 12.5 Å². The summed E-state index contributed by atoms with van der Waals surface area (Å²) in [5.41, 5.74) is 1.41. The van der Waals surface area contributed by atoms with Gasteiger partial charge in [-0.05, 0) is 17.7 Å². The van der Waals surface area contributed by atoms with Crippen molar-refractivity contribution >= 4 is 5.91 Å². The molecule has 1 aliphatic rings. The zero-order valence-electron chi connectivity index (χ0n) is 11.8. The number of ether oxygens (including phenoxy) is 1. The summed E-state index contributed by atoms with van der Waals surface area (Å²) < 4.78 is 5.65. The Bertz CT molecular complexity index is 706. The first-order valence-corrected chi connectivity index (χ1v) is 6.94. The van der Waals surface area contributed by atoms with Gasteiger partial charge in [0.1, 0.15) is 6.10 Å². The highest BCUT2D eigenvalue weighted by atomic mass is 16.5. The van der Waals surface area contributed by atoms with Gasteiger partial charge in [-0.3, -0.25) is 9.78 Å². The average molecular weight is 294 g/mol. The Morgan fingerprint density at radius 1 is 1.41 bits per heavy atom. The molecule has 1 amide bonds. The number of likely N-dealkylation sites (tertiary alicyclic amines) is 1. The number of pyridine rings is 2. The molecule has 0 aliphatic carbocycles. The molecule has 6 nitrogen and oxygen atoms in total. The third-order valence-corrected chi connectivity index (χ3v) is 3.43. The zero-order chi connectivity index (χ0) is 15.4. The van der Waals surface area contributed by atoms with Crippen molar-refractivity contribution < 1.29 is 9.53 Å². The van der Waals surface area contributed by atoms with Crippen LogP contribution in [0.15, 0.2) is 42.9 Å². The van der Waals surface area contributed by atoms with Crippen molar-refractivity contribution in [1.82, 2.24) is 14.9 Å². The van der Waals surface area contributed by atoms with Crippen LogP contribution in [0.3, 0.4) is 0 Å². The molecule has 1 fully saturated rings. The molecule has 0 bridgehead atoms. The summed E-state index contributed by atoms with van der Waals surface area (Å²) in [6.07, 6.45) is 5.20. The van der Waals surface area contributed by atoms with E-state index in [1.54, 1.807) is 29.4 Å². The monoisotopic (exact) mass is 294 g/mol. The van der Waals surface area contributed by atoms with Crippen LogP contribution in [0.1, 0.15) is 11.1 Å². The number of hydrogen-bond acceptors (Lipinski definition) is 5. The molecular formula is C16H14N4O2. The van der Waals surface area contributed by atoms with E-state index < -0.39 is 0 Å². The van der Waals surface area contributed by atoms with Crippen molar-refractivity contribution in [3.8, 4) is 11.9 Å². The second-order valence-corrected chi connectivity index (χ2v) is 5.07. The van der Waals surface area contributed by atoms with Crippen molar-refractivity contribution in [3.05, 3.63) is 54.0 Å². The van der Waals surface area contributed by atoms with Crippen LogP contribution < -0.4 is 4.74 Å². The number of nitrogens with zero attached hydrogens (tertiary/aromatic N) is 4. The normalized spacial score (nSPS) is 14.0. The summed E-state index contributed by atoms with van der Waals surface area (Å²) in [4.78, 5) is 21.9. The van der Waals surface area contributed by atoms with Gasteiger partial charge in [0.05, 0.1) is 31.1 Å². The third kappa shape index (κ3) is 3.20. The number of rotatable bonds is 4. The maximum absolute atomic E-state index is 12.1. The van der Waals surface area contributed by atoms with Gasteiger partial charge in [-0.2, -0.15) is 5.26 Å². The average Bonchev–Trinajstić information content (AvgIpc) is 2.51. The minimum Gasteiger partial charge on any atom is -0.471 e. The summed E-state index contributed by atoms with van der Waals surface area (Å²) in [5.74, 6) is 0.481. The Morgan fingerprint density at radius 2 is 2.27 bits per heavy atom.